The van der Waals surface area contributed by atoms with Gasteiger partial charge in [0.1, 0.15) is 0 Å². The molecule has 1 nitrogen and oxygen atoms in total. The maximum atomic E-state index is 2.46. The third kappa shape index (κ3) is 2.64. The summed E-state index contributed by atoms with van der Waals surface area (Å²) in [6.45, 7) is 0. The summed E-state index contributed by atoms with van der Waals surface area (Å²) in [5.74, 6) is 0.860. The van der Waals surface area contributed by atoms with Crippen molar-refractivity contribution in [2.75, 3.05) is 4.90 Å². The molecule has 0 N–H and O–H groups in total. The van der Waals surface area contributed by atoms with Gasteiger partial charge in [0.15, 0.2) is 0 Å². The lowest BCUT2D eigenvalue weighted by Crippen LogP contribution is -2.29. The van der Waals surface area contributed by atoms with Crippen LogP contribution in [0, 0.1) is 11.8 Å². The Morgan fingerprint density at radius 2 is 1.26 bits per heavy atom. The predicted molar refractivity (Wildman–Crippen MR) is 146 cm³/mol. The smallest absolute Gasteiger partial charge is 0.0468 e. The molecule has 0 amide bonds. The van der Waals surface area contributed by atoms with Gasteiger partial charge in [0.2, 0.25) is 0 Å². The molecule has 0 heterocycles. The number of para-hydroxylation sites is 2. The Morgan fingerprint density at radius 3 is 2.00 bits per heavy atom. The molecule has 0 saturated carbocycles. The van der Waals surface area contributed by atoms with E-state index in [-0.39, 0.29) is 0 Å². The molecule has 2 atom stereocenters. The summed E-state index contributed by atoms with van der Waals surface area (Å²) in [7, 11) is 0. The Morgan fingerprint density at radius 1 is 0.543 bits per heavy atom. The molecule has 0 radical (unpaired) electrons. The van der Waals surface area contributed by atoms with E-state index in [0.29, 0.717) is 11.8 Å². The normalized spacial score (nSPS) is 22.1. The van der Waals surface area contributed by atoms with Gasteiger partial charge in [-0.15, -0.1) is 0 Å². The molecule has 8 rings (SSSR count). The van der Waals surface area contributed by atoms with Gasteiger partial charge in [-0.1, -0.05) is 91.1 Å². The predicted octanol–water partition coefficient (Wildman–Crippen LogP) is 8.49. The van der Waals surface area contributed by atoms with Crippen LogP contribution in [-0.2, 0) is 0 Å². The quantitative estimate of drug-likeness (QED) is 0.391. The lowest BCUT2D eigenvalue weighted by Gasteiger charge is -2.40. The molecular formula is C34H23N. The highest BCUT2D eigenvalue weighted by molar-refractivity contribution is 6.07. The first-order chi connectivity index (χ1) is 17.4. The fourth-order valence-electron chi connectivity index (χ4n) is 6.52. The number of rotatable bonds is 3. The second-order valence-electron chi connectivity index (χ2n) is 9.77. The van der Waals surface area contributed by atoms with Crippen LogP contribution in [0.3, 0.4) is 0 Å². The maximum Gasteiger partial charge on any atom is 0.0468 e. The fourth-order valence-corrected chi connectivity index (χ4v) is 6.52. The monoisotopic (exact) mass is 445 g/mol. The summed E-state index contributed by atoms with van der Waals surface area (Å²) < 4.78 is 0. The molecule has 0 spiro atoms. The topological polar surface area (TPSA) is 3.24 Å². The molecule has 5 aliphatic rings. The number of fused-ring (bicyclic) bond motifs is 3. The molecule has 0 fully saturated rings. The second-order valence-corrected chi connectivity index (χ2v) is 9.77. The number of anilines is 3. The van der Waals surface area contributed by atoms with Crippen molar-refractivity contribution in [1.82, 2.24) is 0 Å². The van der Waals surface area contributed by atoms with Crippen molar-refractivity contribution in [2.45, 2.75) is 0 Å². The van der Waals surface area contributed by atoms with Crippen LogP contribution >= 0.6 is 0 Å². The summed E-state index contributed by atoms with van der Waals surface area (Å²) in [5.41, 5.74) is 14.8. The largest absolute Gasteiger partial charge is 0.310 e. The number of hydrogen-bond acceptors (Lipinski definition) is 1. The van der Waals surface area contributed by atoms with Crippen LogP contribution in [0.4, 0.5) is 17.1 Å². The van der Waals surface area contributed by atoms with Crippen molar-refractivity contribution in [3.63, 3.8) is 0 Å². The lowest BCUT2D eigenvalue weighted by atomic mass is 9.62. The van der Waals surface area contributed by atoms with Crippen molar-refractivity contribution < 1.29 is 0 Å². The molecule has 0 saturated heterocycles. The third-order valence-corrected chi connectivity index (χ3v) is 7.97. The summed E-state index contributed by atoms with van der Waals surface area (Å²) in [6.07, 6.45) is 18.6. The SMILES string of the molecule is C1=CC2=CC3=C4C(=CC=C5C=CC(=C1)C2C54)c1ccc(N(c2ccccc2)c2ccccc2)cc13. The van der Waals surface area contributed by atoms with Gasteiger partial charge in [-0.25, -0.2) is 0 Å². The van der Waals surface area contributed by atoms with Crippen molar-refractivity contribution in [1.29, 1.82) is 0 Å². The fraction of sp³-hybridized carbons (Fsp3) is 0.0588. The first kappa shape index (κ1) is 19.0. The molecule has 3 aromatic rings. The van der Waals surface area contributed by atoms with Gasteiger partial charge >= 0.3 is 0 Å². The molecule has 0 aromatic heterocycles. The zero-order valence-electron chi connectivity index (χ0n) is 19.2. The van der Waals surface area contributed by atoms with E-state index < -0.39 is 0 Å². The average Bonchev–Trinajstić information content (AvgIpc) is 3.24. The second kappa shape index (κ2) is 7.07. The Kier molecular flexibility index (Phi) is 3.84. The average molecular weight is 446 g/mol. The molecule has 2 unspecified atom stereocenters. The van der Waals surface area contributed by atoms with Crippen LogP contribution in [0.2, 0.25) is 0 Å². The van der Waals surface area contributed by atoms with Crippen LogP contribution in [0.25, 0.3) is 11.1 Å². The van der Waals surface area contributed by atoms with Crippen LogP contribution in [0.1, 0.15) is 11.1 Å². The van der Waals surface area contributed by atoms with Gasteiger partial charge < -0.3 is 4.90 Å². The Balaban J connectivity index is 1.34. The van der Waals surface area contributed by atoms with Crippen LogP contribution < -0.4 is 4.90 Å². The van der Waals surface area contributed by atoms with Gasteiger partial charge in [0.05, 0.1) is 0 Å². The van der Waals surface area contributed by atoms with Crippen LogP contribution in [0.5, 0.6) is 0 Å². The van der Waals surface area contributed by atoms with E-state index in [0.717, 1.165) is 0 Å². The van der Waals surface area contributed by atoms with E-state index in [1.54, 1.807) is 0 Å². The standard InChI is InChI=1S/C34H23N/c1-3-10-25(11-4-1)35(26-12-5-2-6-13-26)27-17-19-28-29-18-16-23-15-14-22-8-7-9-24-20-31(30(28)21-27)34(29)33(23)32(22)24/h1-21,32-33H. The highest BCUT2D eigenvalue weighted by atomic mass is 15.1. The molecule has 35 heavy (non-hydrogen) atoms. The van der Waals surface area contributed by atoms with Crippen LogP contribution in [0.15, 0.2) is 150 Å². The van der Waals surface area contributed by atoms with Crippen molar-refractivity contribution in [3.8, 4) is 0 Å². The minimum absolute atomic E-state index is 0.418. The molecule has 1 heteroatoms. The zero-order valence-corrected chi connectivity index (χ0v) is 19.2. The Labute approximate surface area is 205 Å². The van der Waals surface area contributed by atoms with Gasteiger partial charge in [-0.3, -0.25) is 0 Å². The van der Waals surface area contributed by atoms with E-state index >= 15 is 0 Å². The van der Waals surface area contributed by atoms with E-state index in [1.807, 2.05) is 0 Å². The molecule has 164 valence electrons. The summed E-state index contributed by atoms with van der Waals surface area (Å²) >= 11 is 0. The van der Waals surface area contributed by atoms with Gasteiger partial charge in [0, 0.05) is 28.9 Å². The van der Waals surface area contributed by atoms with Gasteiger partial charge in [-0.2, -0.15) is 0 Å². The van der Waals surface area contributed by atoms with Crippen molar-refractivity contribution in [2.24, 2.45) is 11.8 Å². The summed E-state index contributed by atoms with van der Waals surface area (Å²) in [5, 5.41) is 0. The lowest BCUT2D eigenvalue weighted by molar-refractivity contribution is 0.571. The highest BCUT2D eigenvalue weighted by Crippen LogP contribution is 2.59. The first-order valence-electron chi connectivity index (χ1n) is 12.4. The van der Waals surface area contributed by atoms with Crippen molar-refractivity contribution in [3.05, 3.63) is 161 Å². The van der Waals surface area contributed by atoms with Crippen molar-refractivity contribution >= 4 is 28.2 Å². The summed E-state index contributed by atoms with van der Waals surface area (Å²) in [6, 6.07) is 28.3. The molecule has 0 bridgehead atoms. The van der Waals surface area contributed by atoms with Gasteiger partial charge in [0.25, 0.3) is 0 Å². The Bertz CT molecular complexity index is 1580. The number of hydrogen-bond donors (Lipinski definition) is 0. The minimum Gasteiger partial charge on any atom is -0.310 e. The Hall–Kier alpha value is -4.36. The first-order valence-corrected chi connectivity index (χ1v) is 12.4. The van der Waals surface area contributed by atoms with E-state index in [2.05, 4.69) is 132 Å². The minimum atomic E-state index is 0.418. The zero-order chi connectivity index (χ0) is 22.9. The summed E-state index contributed by atoms with van der Waals surface area (Å²) in [4.78, 5) is 2.36. The molecule has 5 aliphatic carbocycles. The number of allylic oxidation sites excluding steroid dienone is 14. The number of benzene rings is 3. The molecular weight excluding hydrogens is 422 g/mol. The molecule has 0 aliphatic heterocycles. The van der Waals surface area contributed by atoms with E-state index in [1.165, 1.54) is 61.6 Å². The maximum absolute atomic E-state index is 2.46. The van der Waals surface area contributed by atoms with Gasteiger partial charge in [-0.05, 0) is 81.0 Å². The highest BCUT2D eigenvalue weighted by Gasteiger charge is 2.44. The molecule has 3 aromatic carbocycles. The third-order valence-electron chi connectivity index (χ3n) is 7.97. The van der Waals surface area contributed by atoms with E-state index in [4.69, 9.17) is 0 Å². The van der Waals surface area contributed by atoms with E-state index in [9.17, 15) is 0 Å². The van der Waals surface area contributed by atoms with Crippen LogP contribution in [-0.4, -0.2) is 0 Å². The number of nitrogens with zero attached hydrogens (tertiary/aromatic N) is 1.